The zero-order valence-electron chi connectivity index (χ0n) is 14.9. The molecule has 0 saturated heterocycles. The number of rotatable bonds is 6. The van der Waals surface area contributed by atoms with Gasteiger partial charge in [0, 0.05) is 35.6 Å². The lowest BCUT2D eigenvalue weighted by Gasteiger charge is -2.27. The first kappa shape index (κ1) is 17.0. The number of fused-ring (bicyclic) bond motifs is 1. The fourth-order valence-corrected chi connectivity index (χ4v) is 4.39. The summed E-state index contributed by atoms with van der Waals surface area (Å²) in [4.78, 5) is 19.6. The van der Waals surface area contributed by atoms with Gasteiger partial charge in [-0.2, -0.15) is 0 Å². The van der Waals surface area contributed by atoms with Gasteiger partial charge in [-0.3, -0.25) is 4.79 Å². The SMILES string of the molecule is CC(CCC(=O)c1csc(-c2ccccc2)n1)N1CCc2ccccc21. The maximum atomic E-state index is 12.6. The van der Waals surface area contributed by atoms with Gasteiger partial charge in [-0.25, -0.2) is 4.98 Å². The van der Waals surface area contributed by atoms with Crippen molar-refractivity contribution in [3.8, 4) is 10.6 Å². The summed E-state index contributed by atoms with van der Waals surface area (Å²) in [5.74, 6) is 0.141. The second-order valence-corrected chi connectivity index (χ2v) is 7.65. The van der Waals surface area contributed by atoms with E-state index in [1.54, 1.807) is 0 Å². The Hall–Kier alpha value is -2.46. The molecule has 1 aliphatic rings. The van der Waals surface area contributed by atoms with Crippen molar-refractivity contribution in [1.29, 1.82) is 0 Å². The van der Waals surface area contributed by atoms with E-state index in [0.29, 0.717) is 18.2 Å². The second-order valence-electron chi connectivity index (χ2n) is 6.79. The van der Waals surface area contributed by atoms with E-state index in [-0.39, 0.29) is 5.78 Å². The summed E-state index contributed by atoms with van der Waals surface area (Å²) >= 11 is 1.54. The molecule has 3 aromatic rings. The molecule has 1 aromatic heterocycles. The zero-order valence-corrected chi connectivity index (χ0v) is 15.7. The molecule has 1 unspecified atom stereocenters. The maximum absolute atomic E-state index is 12.6. The summed E-state index contributed by atoms with van der Waals surface area (Å²) in [7, 11) is 0. The van der Waals surface area contributed by atoms with Crippen LogP contribution in [0.2, 0.25) is 0 Å². The molecule has 0 amide bonds. The summed E-state index contributed by atoms with van der Waals surface area (Å²) in [6.45, 7) is 3.26. The van der Waals surface area contributed by atoms with Gasteiger partial charge in [0.25, 0.3) is 0 Å². The molecule has 0 aliphatic carbocycles. The van der Waals surface area contributed by atoms with Crippen LogP contribution in [-0.4, -0.2) is 23.4 Å². The van der Waals surface area contributed by atoms with Crippen LogP contribution in [0.25, 0.3) is 10.6 Å². The van der Waals surface area contributed by atoms with E-state index in [1.807, 2.05) is 35.7 Å². The number of hydrogen-bond donors (Lipinski definition) is 0. The molecule has 26 heavy (non-hydrogen) atoms. The van der Waals surface area contributed by atoms with Crippen LogP contribution in [0, 0.1) is 0 Å². The minimum absolute atomic E-state index is 0.141. The quantitative estimate of drug-likeness (QED) is 0.563. The molecule has 0 saturated carbocycles. The zero-order chi connectivity index (χ0) is 17.9. The molecule has 3 nitrogen and oxygen atoms in total. The monoisotopic (exact) mass is 362 g/mol. The van der Waals surface area contributed by atoms with Crippen LogP contribution in [0.4, 0.5) is 5.69 Å². The predicted octanol–water partition coefficient (Wildman–Crippen LogP) is 5.22. The third-order valence-electron chi connectivity index (χ3n) is 5.05. The molecular weight excluding hydrogens is 340 g/mol. The molecule has 0 spiro atoms. The van der Waals surface area contributed by atoms with Crippen LogP contribution in [0.15, 0.2) is 60.0 Å². The topological polar surface area (TPSA) is 33.2 Å². The highest BCUT2D eigenvalue weighted by Gasteiger charge is 2.23. The summed E-state index contributed by atoms with van der Waals surface area (Å²) in [6, 6.07) is 19.0. The highest BCUT2D eigenvalue weighted by molar-refractivity contribution is 7.13. The Balaban J connectivity index is 1.38. The van der Waals surface area contributed by atoms with Crippen LogP contribution >= 0.6 is 11.3 Å². The third kappa shape index (κ3) is 3.42. The predicted molar refractivity (Wildman–Crippen MR) is 108 cm³/mol. The molecule has 4 heteroatoms. The molecule has 2 aromatic carbocycles. The lowest BCUT2D eigenvalue weighted by Crippen LogP contribution is -2.31. The molecule has 132 valence electrons. The molecule has 1 aliphatic heterocycles. The first-order chi connectivity index (χ1) is 12.7. The van der Waals surface area contributed by atoms with Crippen molar-refractivity contribution in [3.63, 3.8) is 0 Å². The highest BCUT2D eigenvalue weighted by atomic mass is 32.1. The molecule has 1 atom stereocenters. The molecule has 2 heterocycles. The minimum atomic E-state index is 0.141. The Morgan fingerprint density at radius 3 is 2.77 bits per heavy atom. The van der Waals surface area contributed by atoms with Gasteiger partial charge in [0.2, 0.25) is 0 Å². The van der Waals surface area contributed by atoms with Crippen LogP contribution in [0.3, 0.4) is 0 Å². The van der Waals surface area contributed by atoms with Crippen molar-refractivity contribution in [2.45, 2.75) is 32.2 Å². The number of Topliss-reactive ketones (excluding diaryl/α,β-unsaturated/α-hetero) is 1. The average Bonchev–Trinajstić information content (AvgIpc) is 3.34. The average molecular weight is 362 g/mol. The Kier molecular flexibility index (Phi) is 4.85. The normalized spacial score (nSPS) is 14.3. The van der Waals surface area contributed by atoms with Gasteiger partial charge >= 0.3 is 0 Å². The van der Waals surface area contributed by atoms with Gasteiger partial charge in [0.05, 0.1) is 0 Å². The Bertz CT molecular complexity index is 903. The summed E-state index contributed by atoms with van der Waals surface area (Å²) in [5.41, 5.74) is 4.41. The van der Waals surface area contributed by atoms with Gasteiger partial charge in [0.15, 0.2) is 5.78 Å². The molecule has 4 rings (SSSR count). The van der Waals surface area contributed by atoms with Crippen LogP contribution in [0.1, 0.15) is 35.8 Å². The molecule has 0 bridgehead atoms. The van der Waals surface area contributed by atoms with Crippen molar-refractivity contribution >= 4 is 22.8 Å². The number of carbonyl (C=O) groups is 1. The second kappa shape index (κ2) is 7.42. The lowest BCUT2D eigenvalue weighted by molar-refractivity contribution is 0.0973. The smallest absolute Gasteiger partial charge is 0.182 e. The van der Waals surface area contributed by atoms with Gasteiger partial charge < -0.3 is 4.90 Å². The van der Waals surface area contributed by atoms with Crippen molar-refractivity contribution in [2.75, 3.05) is 11.4 Å². The van der Waals surface area contributed by atoms with Gasteiger partial charge in [-0.05, 0) is 31.4 Å². The van der Waals surface area contributed by atoms with Crippen LogP contribution < -0.4 is 4.90 Å². The Labute approximate surface area is 158 Å². The molecule has 0 fully saturated rings. The van der Waals surface area contributed by atoms with E-state index in [2.05, 4.69) is 41.1 Å². The Morgan fingerprint density at radius 1 is 1.15 bits per heavy atom. The van der Waals surface area contributed by atoms with Crippen molar-refractivity contribution in [1.82, 2.24) is 4.98 Å². The van der Waals surface area contributed by atoms with E-state index in [1.165, 1.54) is 22.6 Å². The number of ketones is 1. The maximum Gasteiger partial charge on any atom is 0.182 e. The molecular formula is C22H22N2OS. The fraction of sp³-hybridized carbons (Fsp3) is 0.273. The number of benzene rings is 2. The van der Waals surface area contributed by atoms with Crippen LogP contribution in [-0.2, 0) is 6.42 Å². The van der Waals surface area contributed by atoms with Crippen molar-refractivity contribution < 1.29 is 4.79 Å². The van der Waals surface area contributed by atoms with Crippen LogP contribution in [0.5, 0.6) is 0 Å². The van der Waals surface area contributed by atoms with E-state index in [0.717, 1.165) is 30.0 Å². The summed E-state index contributed by atoms with van der Waals surface area (Å²) in [5, 5.41) is 2.80. The van der Waals surface area contributed by atoms with Crippen molar-refractivity contribution in [3.05, 3.63) is 71.2 Å². The Morgan fingerprint density at radius 2 is 1.92 bits per heavy atom. The number of aromatic nitrogens is 1. The number of thiazole rings is 1. The van der Waals surface area contributed by atoms with E-state index < -0.39 is 0 Å². The van der Waals surface area contributed by atoms with E-state index in [4.69, 9.17) is 0 Å². The fourth-order valence-electron chi connectivity index (χ4n) is 3.56. The highest BCUT2D eigenvalue weighted by Crippen LogP contribution is 2.30. The van der Waals surface area contributed by atoms with E-state index >= 15 is 0 Å². The van der Waals surface area contributed by atoms with Crippen molar-refractivity contribution in [2.24, 2.45) is 0 Å². The van der Waals surface area contributed by atoms with Gasteiger partial charge in [-0.1, -0.05) is 48.5 Å². The number of para-hydroxylation sites is 1. The van der Waals surface area contributed by atoms with Gasteiger partial charge in [-0.15, -0.1) is 11.3 Å². The first-order valence-electron chi connectivity index (χ1n) is 9.11. The third-order valence-corrected chi connectivity index (χ3v) is 5.95. The lowest BCUT2D eigenvalue weighted by atomic mass is 10.1. The first-order valence-corrected chi connectivity index (χ1v) is 9.99. The van der Waals surface area contributed by atoms with E-state index in [9.17, 15) is 4.79 Å². The summed E-state index contributed by atoms with van der Waals surface area (Å²) < 4.78 is 0. The largest absolute Gasteiger partial charge is 0.368 e. The van der Waals surface area contributed by atoms with Gasteiger partial charge in [0.1, 0.15) is 10.7 Å². The number of carbonyl (C=O) groups excluding carboxylic acids is 1. The number of anilines is 1. The number of nitrogens with zero attached hydrogens (tertiary/aromatic N) is 2. The standard InChI is InChI=1S/C22H22N2OS/c1-16(24-14-13-17-7-5-6-10-20(17)24)11-12-21(25)19-15-26-22(23-19)18-8-3-2-4-9-18/h2-10,15-16H,11-14H2,1H3. The molecule has 0 N–H and O–H groups in total. The molecule has 0 radical (unpaired) electrons. The number of hydrogen-bond acceptors (Lipinski definition) is 4. The summed E-state index contributed by atoms with van der Waals surface area (Å²) in [6.07, 6.45) is 2.49. The minimum Gasteiger partial charge on any atom is -0.368 e.